The molecular formula is C18H31N3O3. The van der Waals surface area contributed by atoms with Crippen LogP contribution in [0.3, 0.4) is 0 Å². The summed E-state index contributed by atoms with van der Waals surface area (Å²) in [6.45, 7) is 4.58. The number of hydrogen-bond donors (Lipinski definition) is 3. The fourth-order valence-corrected chi connectivity index (χ4v) is 3.63. The number of nitrogens with one attached hydrogen (secondary N) is 2. The third kappa shape index (κ3) is 4.97. The van der Waals surface area contributed by atoms with Gasteiger partial charge >= 0.3 is 6.03 Å². The number of urea groups is 1. The first-order chi connectivity index (χ1) is 11.7. The van der Waals surface area contributed by atoms with E-state index in [2.05, 4.69) is 15.8 Å². The van der Waals surface area contributed by atoms with Gasteiger partial charge in [0.25, 0.3) is 0 Å². The van der Waals surface area contributed by atoms with Gasteiger partial charge in [0.05, 0.1) is 5.69 Å². The van der Waals surface area contributed by atoms with Gasteiger partial charge in [-0.05, 0) is 31.6 Å². The summed E-state index contributed by atoms with van der Waals surface area (Å²) in [6, 6.07) is -0.126. The summed E-state index contributed by atoms with van der Waals surface area (Å²) in [5.74, 6) is 1.32. The van der Waals surface area contributed by atoms with Crippen molar-refractivity contribution in [3.63, 3.8) is 0 Å². The molecule has 1 heterocycles. The Morgan fingerprint density at radius 3 is 2.67 bits per heavy atom. The molecule has 1 fully saturated rings. The molecule has 0 saturated heterocycles. The lowest BCUT2D eigenvalue weighted by Crippen LogP contribution is -2.46. The van der Waals surface area contributed by atoms with E-state index in [1.165, 1.54) is 19.3 Å². The van der Waals surface area contributed by atoms with Gasteiger partial charge in [-0.25, -0.2) is 4.79 Å². The number of carbonyl (C=O) groups is 1. The van der Waals surface area contributed by atoms with Gasteiger partial charge in [0, 0.05) is 31.2 Å². The lowest BCUT2D eigenvalue weighted by atomic mass is 9.83. The highest BCUT2D eigenvalue weighted by Crippen LogP contribution is 2.27. The molecule has 2 rings (SSSR count). The van der Waals surface area contributed by atoms with E-state index in [1.807, 2.05) is 13.8 Å². The summed E-state index contributed by atoms with van der Waals surface area (Å²) in [5.41, 5.74) is 1.90. The van der Waals surface area contributed by atoms with E-state index in [1.54, 1.807) is 0 Å². The third-order valence-corrected chi connectivity index (χ3v) is 5.01. The number of carbonyl (C=O) groups excluding carboxylic acids is 1. The first kappa shape index (κ1) is 18.8. The highest BCUT2D eigenvalue weighted by Gasteiger charge is 2.25. The Kier molecular flexibility index (Phi) is 7.56. The van der Waals surface area contributed by atoms with E-state index in [-0.39, 0.29) is 18.7 Å². The van der Waals surface area contributed by atoms with Gasteiger partial charge in [-0.2, -0.15) is 0 Å². The van der Waals surface area contributed by atoms with Crippen molar-refractivity contribution in [2.75, 3.05) is 6.61 Å². The van der Waals surface area contributed by atoms with Crippen LogP contribution in [0.5, 0.6) is 0 Å². The van der Waals surface area contributed by atoms with Crippen molar-refractivity contribution in [1.82, 2.24) is 15.8 Å². The maximum atomic E-state index is 12.3. The summed E-state index contributed by atoms with van der Waals surface area (Å²) in [4.78, 5) is 12.3. The largest absolute Gasteiger partial charge is 0.396 e. The molecule has 1 aromatic rings. The second-order valence-corrected chi connectivity index (χ2v) is 6.58. The van der Waals surface area contributed by atoms with Gasteiger partial charge in [-0.1, -0.05) is 38.3 Å². The van der Waals surface area contributed by atoms with Crippen molar-refractivity contribution in [2.24, 2.45) is 5.92 Å². The Morgan fingerprint density at radius 1 is 1.29 bits per heavy atom. The highest BCUT2D eigenvalue weighted by atomic mass is 16.5. The van der Waals surface area contributed by atoms with Crippen LogP contribution in [0.1, 0.15) is 69.4 Å². The third-order valence-electron chi connectivity index (χ3n) is 5.01. The predicted molar refractivity (Wildman–Crippen MR) is 92.7 cm³/mol. The van der Waals surface area contributed by atoms with Crippen LogP contribution >= 0.6 is 0 Å². The van der Waals surface area contributed by atoms with Crippen LogP contribution in [0.2, 0.25) is 0 Å². The standard InChI is InChI=1S/C18H31N3O3/c1-3-15-14(17(4-2)24-21-15)12-19-18(23)20-16(10-11-22)13-8-6-5-7-9-13/h13,16,22H,3-12H2,1-2H3,(H2,19,20,23). The average Bonchev–Trinajstić information content (AvgIpc) is 3.02. The number of amides is 2. The number of rotatable bonds is 8. The summed E-state index contributed by atoms with van der Waals surface area (Å²) < 4.78 is 5.33. The summed E-state index contributed by atoms with van der Waals surface area (Å²) in [6.07, 6.45) is 8.16. The molecule has 1 aliphatic rings. The van der Waals surface area contributed by atoms with E-state index >= 15 is 0 Å². The van der Waals surface area contributed by atoms with Gasteiger partial charge in [0.2, 0.25) is 0 Å². The minimum absolute atomic E-state index is 0.0501. The first-order valence-corrected chi connectivity index (χ1v) is 9.31. The Labute approximate surface area is 144 Å². The van der Waals surface area contributed by atoms with Crippen LogP contribution in [-0.2, 0) is 19.4 Å². The fourth-order valence-electron chi connectivity index (χ4n) is 3.63. The van der Waals surface area contributed by atoms with Crippen LogP contribution in [0, 0.1) is 5.92 Å². The SMILES string of the molecule is CCc1noc(CC)c1CNC(=O)NC(CCO)C1CCCCC1. The van der Waals surface area contributed by atoms with Gasteiger partial charge in [-0.3, -0.25) is 0 Å². The summed E-state index contributed by atoms with van der Waals surface area (Å²) in [7, 11) is 0. The van der Waals surface area contributed by atoms with E-state index < -0.39 is 0 Å². The molecule has 1 unspecified atom stereocenters. The Morgan fingerprint density at radius 2 is 2.04 bits per heavy atom. The van der Waals surface area contributed by atoms with Crippen molar-refractivity contribution in [3.8, 4) is 0 Å². The molecule has 6 heteroatoms. The smallest absolute Gasteiger partial charge is 0.315 e. The maximum absolute atomic E-state index is 12.3. The van der Waals surface area contributed by atoms with Gasteiger partial charge in [0.1, 0.15) is 5.76 Å². The number of nitrogens with zero attached hydrogens (tertiary/aromatic N) is 1. The number of aliphatic hydroxyl groups excluding tert-OH is 1. The van der Waals surface area contributed by atoms with E-state index in [0.29, 0.717) is 18.9 Å². The van der Waals surface area contributed by atoms with Crippen molar-refractivity contribution in [3.05, 3.63) is 17.0 Å². The molecule has 1 aromatic heterocycles. The number of aliphatic hydroxyl groups is 1. The van der Waals surface area contributed by atoms with Gasteiger partial charge in [0.15, 0.2) is 0 Å². The maximum Gasteiger partial charge on any atom is 0.315 e. The Hall–Kier alpha value is -1.56. The molecule has 136 valence electrons. The van der Waals surface area contributed by atoms with E-state index in [4.69, 9.17) is 4.52 Å². The minimum atomic E-state index is -0.177. The minimum Gasteiger partial charge on any atom is -0.396 e. The first-order valence-electron chi connectivity index (χ1n) is 9.31. The molecule has 1 atom stereocenters. The van der Waals surface area contributed by atoms with Crippen molar-refractivity contribution in [1.29, 1.82) is 0 Å². The topological polar surface area (TPSA) is 87.4 Å². The quantitative estimate of drug-likeness (QED) is 0.680. The Balaban J connectivity index is 1.90. The monoisotopic (exact) mass is 337 g/mol. The van der Waals surface area contributed by atoms with Gasteiger partial charge in [-0.15, -0.1) is 0 Å². The second-order valence-electron chi connectivity index (χ2n) is 6.58. The zero-order valence-electron chi connectivity index (χ0n) is 14.9. The number of aryl methyl sites for hydroxylation is 2. The lowest BCUT2D eigenvalue weighted by molar-refractivity contribution is 0.196. The lowest BCUT2D eigenvalue weighted by Gasteiger charge is -2.30. The molecule has 0 spiro atoms. The average molecular weight is 337 g/mol. The predicted octanol–water partition coefficient (Wildman–Crippen LogP) is 2.93. The highest BCUT2D eigenvalue weighted by molar-refractivity contribution is 5.74. The molecule has 1 saturated carbocycles. The molecule has 0 aromatic carbocycles. The van der Waals surface area contributed by atoms with E-state index in [0.717, 1.165) is 42.7 Å². The summed E-state index contributed by atoms with van der Waals surface area (Å²) >= 11 is 0. The number of hydrogen-bond acceptors (Lipinski definition) is 4. The molecule has 0 bridgehead atoms. The molecule has 24 heavy (non-hydrogen) atoms. The van der Waals surface area contributed by atoms with E-state index in [9.17, 15) is 9.90 Å². The van der Waals surface area contributed by atoms with Crippen molar-refractivity contribution < 1.29 is 14.4 Å². The normalized spacial score (nSPS) is 16.8. The van der Waals surface area contributed by atoms with Crippen LogP contribution in [0.4, 0.5) is 4.79 Å². The van der Waals surface area contributed by atoms with Gasteiger partial charge < -0.3 is 20.3 Å². The van der Waals surface area contributed by atoms with Crippen LogP contribution in [0.25, 0.3) is 0 Å². The molecular weight excluding hydrogens is 306 g/mol. The van der Waals surface area contributed by atoms with Crippen LogP contribution < -0.4 is 10.6 Å². The molecule has 0 radical (unpaired) electrons. The fraction of sp³-hybridized carbons (Fsp3) is 0.778. The van der Waals surface area contributed by atoms with Crippen molar-refractivity contribution in [2.45, 2.75) is 77.8 Å². The zero-order valence-corrected chi connectivity index (χ0v) is 14.9. The second kappa shape index (κ2) is 9.67. The summed E-state index contributed by atoms with van der Waals surface area (Å²) in [5, 5.41) is 19.4. The van der Waals surface area contributed by atoms with Crippen molar-refractivity contribution >= 4 is 6.03 Å². The molecule has 3 N–H and O–H groups in total. The van der Waals surface area contributed by atoms with Crippen LogP contribution in [-0.4, -0.2) is 28.9 Å². The number of aromatic nitrogens is 1. The van der Waals surface area contributed by atoms with Crippen LogP contribution in [0.15, 0.2) is 4.52 Å². The molecule has 6 nitrogen and oxygen atoms in total. The molecule has 2 amide bonds. The molecule has 0 aliphatic heterocycles. The Bertz CT molecular complexity index is 488. The zero-order chi connectivity index (χ0) is 17.4. The molecule has 1 aliphatic carbocycles.